The van der Waals surface area contributed by atoms with Gasteiger partial charge in [-0.2, -0.15) is 0 Å². The maximum Gasteiger partial charge on any atom is 0.0795 e. The fraction of sp³-hybridized carbons (Fsp3) is 0.727. The highest BCUT2D eigenvalue weighted by Gasteiger charge is 2.19. The SMILES string of the molecule is CC1CCCNC1CNCc1cscn1. The average Bonchev–Trinajstić information content (AvgIpc) is 2.74. The van der Waals surface area contributed by atoms with Gasteiger partial charge in [0, 0.05) is 24.5 Å². The van der Waals surface area contributed by atoms with Gasteiger partial charge in [-0.15, -0.1) is 11.3 Å². The Morgan fingerprint density at radius 2 is 2.60 bits per heavy atom. The Hall–Kier alpha value is -0.450. The Bertz CT molecular complexity index is 273. The summed E-state index contributed by atoms with van der Waals surface area (Å²) in [6.45, 7) is 5.46. The van der Waals surface area contributed by atoms with Crippen LogP contribution in [0.5, 0.6) is 0 Å². The second-order valence-corrected chi connectivity index (χ2v) is 5.01. The Morgan fingerprint density at radius 1 is 1.67 bits per heavy atom. The van der Waals surface area contributed by atoms with Gasteiger partial charge in [0.25, 0.3) is 0 Å². The monoisotopic (exact) mass is 225 g/mol. The lowest BCUT2D eigenvalue weighted by molar-refractivity contribution is 0.290. The predicted octanol–water partition coefficient (Wildman–Crippen LogP) is 1.62. The zero-order valence-corrected chi connectivity index (χ0v) is 10.0. The van der Waals surface area contributed by atoms with E-state index in [1.165, 1.54) is 19.4 Å². The van der Waals surface area contributed by atoms with Crippen LogP contribution >= 0.6 is 11.3 Å². The highest BCUT2D eigenvalue weighted by atomic mass is 32.1. The molecule has 2 heterocycles. The van der Waals surface area contributed by atoms with Crippen LogP contribution in [0.1, 0.15) is 25.5 Å². The van der Waals surface area contributed by atoms with Crippen LogP contribution in [0, 0.1) is 5.92 Å². The molecule has 0 saturated carbocycles. The quantitative estimate of drug-likeness (QED) is 0.817. The van der Waals surface area contributed by atoms with Crippen LogP contribution in [0.2, 0.25) is 0 Å². The lowest BCUT2D eigenvalue weighted by atomic mass is 9.93. The Morgan fingerprint density at radius 3 is 3.33 bits per heavy atom. The molecule has 0 amide bonds. The maximum atomic E-state index is 4.25. The van der Waals surface area contributed by atoms with E-state index in [4.69, 9.17) is 0 Å². The molecule has 1 aliphatic rings. The van der Waals surface area contributed by atoms with Crippen LogP contribution < -0.4 is 10.6 Å². The number of rotatable bonds is 4. The summed E-state index contributed by atoms with van der Waals surface area (Å²) >= 11 is 1.66. The molecule has 1 aromatic rings. The topological polar surface area (TPSA) is 37.0 Å². The molecule has 0 spiro atoms. The van der Waals surface area contributed by atoms with E-state index >= 15 is 0 Å². The minimum absolute atomic E-state index is 0.636. The Balaban J connectivity index is 1.68. The summed E-state index contributed by atoms with van der Waals surface area (Å²) in [5, 5.41) is 9.14. The summed E-state index contributed by atoms with van der Waals surface area (Å²) in [5.74, 6) is 0.793. The van der Waals surface area contributed by atoms with Crippen molar-refractivity contribution in [3.63, 3.8) is 0 Å². The van der Waals surface area contributed by atoms with Gasteiger partial charge in [0.2, 0.25) is 0 Å². The van der Waals surface area contributed by atoms with Gasteiger partial charge in [-0.3, -0.25) is 0 Å². The van der Waals surface area contributed by atoms with Gasteiger partial charge in [-0.25, -0.2) is 4.98 Å². The van der Waals surface area contributed by atoms with Gasteiger partial charge in [-0.1, -0.05) is 6.92 Å². The van der Waals surface area contributed by atoms with E-state index in [9.17, 15) is 0 Å². The first-order valence-corrected chi connectivity index (χ1v) is 6.61. The number of thiazole rings is 1. The van der Waals surface area contributed by atoms with Crippen LogP contribution in [-0.4, -0.2) is 24.1 Å². The standard InChI is InChI=1S/C11H19N3S/c1-9-3-2-4-13-11(9)6-12-5-10-7-15-8-14-10/h7-9,11-13H,2-6H2,1H3. The molecular weight excluding hydrogens is 206 g/mol. The van der Waals surface area contributed by atoms with E-state index in [0.29, 0.717) is 6.04 Å². The molecule has 4 heteroatoms. The van der Waals surface area contributed by atoms with Gasteiger partial charge >= 0.3 is 0 Å². The molecule has 2 unspecified atom stereocenters. The second-order valence-electron chi connectivity index (χ2n) is 4.29. The number of hydrogen-bond acceptors (Lipinski definition) is 4. The fourth-order valence-electron chi connectivity index (χ4n) is 2.07. The van der Waals surface area contributed by atoms with Gasteiger partial charge in [0.15, 0.2) is 0 Å². The minimum Gasteiger partial charge on any atom is -0.312 e. The van der Waals surface area contributed by atoms with E-state index in [1.54, 1.807) is 11.3 Å². The van der Waals surface area contributed by atoms with Crippen molar-refractivity contribution in [1.29, 1.82) is 0 Å². The van der Waals surface area contributed by atoms with Crippen molar-refractivity contribution in [3.8, 4) is 0 Å². The average molecular weight is 225 g/mol. The molecule has 3 nitrogen and oxygen atoms in total. The third-order valence-electron chi connectivity index (χ3n) is 3.08. The highest BCUT2D eigenvalue weighted by molar-refractivity contribution is 7.07. The lowest BCUT2D eigenvalue weighted by Gasteiger charge is -2.30. The molecule has 1 saturated heterocycles. The first-order chi connectivity index (χ1) is 7.36. The smallest absolute Gasteiger partial charge is 0.0795 e. The molecule has 1 aromatic heterocycles. The molecule has 2 rings (SSSR count). The number of nitrogens with one attached hydrogen (secondary N) is 2. The summed E-state index contributed by atoms with van der Waals surface area (Å²) in [4.78, 5) is 4.25. The highest BCUT2D eigenvalue weighted by Crippen LogP contribution is 2.14. The minimum atomic E-state index is 0.636. The van der Waals surface area contributed by atoms with E-state index in [0.717, 1.165) is 24.7 Å². The van der Waals surface area contributed by atoms with Crippen LogP contribution in [-0.2, 0) is 6.54 Å². The maximum absolute atomic E-state index is 4.25. The van der Waals surface area contributed by atoms with Crippen LogP contribution in [0.25, 0.3) is 0 Å². The summed E-state index contributed by atoms with van der Waals surface area (Å²) in [6.07, 6.45) is 2.68. The molecule has 2 atom stereocenters. The van der Waals surface area contributed by atoms with Crippen LogP contribution in [0.3, 0.4) is 0 Å². The summed E-state index contributed by atoms with van der Waals surface area (Å²) in [6, 6.07) is 0.636. The van der Waals surface area contributed by atoms with Crippen molar-refractivity contribution in [2.75, 3.05) is 13.1 Å². The normalized spacial score (nSPS) is 26.7. The zero-order valence-electron chi connectivity index (χ0n) is 9.20. The molecule has 1 aliphatic heterocycles. The number of nitrogens with zero attached hydrogens (tertiary/aromatic N) is 1. The lowest BCUT2D eigenvalue weighted by Crippen LogP contribution is -2.46. The van der Waals surface area contributed by atoms with Crippen molar-refractivity contribution in [2.45, 2.75) is 32.4 Å². The van der Waals surface area contributed by atoms with Gasteiger partial charge in [-0.05, 0) is 25.3 Å². The van der Waals surface area contributed by atoms with Crippen molar-refractivity contribution in [2.24, 2.45) is 5.92 Å². The molecule has 15 heavy (non-hydrogen) atoms. The predicted molar refractivity (Wildman–Crippen MR) is 64.0 cm³/mol. The summed E-state index contributed by atoms with van der Waals surface area (Å²) in [5.41, 5.74) is 3.04. The van der Waals surface area contributed by atoms with E-state index < -0.39 is 0 Å². The summed E-state index contributed by atoms with van der Waals surface area (Å²) in [7, 11) is 0. The molecule has 0 radical (unpaired) electrons. The Kier molecular flexibility index (Phi) is 4.11. The van der Waals surface area contributed by atoms with Gasteiger partial charge in [0.1, 0.15) is 0 Å². The number of piperidine rings is 1. The first kappa shape index (κ1) is 11.0. The summed E-state index contributed by atoms with van der Waals surface area (Å²) < 4.78 is 0. The fourth-order valence-corrected chi connectivity index (χ4v) is 2.63. The van der Waals surface area contributed by atoms with E-state index in [-0.39, 0.29) is 0 Å². The zero-order chi connectivity index (χ0) is 10.5. The molecule has 2 N–H and O–H groups in total. The van der Waals surface area contributed by atoms with Crippen molar-refractivity contribution in [3.05, 3.63) is 16.6 Å². The van der Waals surface area contributed by atoms with Crippen LogP contribution in [0.4, 0.5) is 0 Å². The molecule has 0 aliphatic carbocycles. The third-order valence-corrected chi connectivity index (χ3v) is 3.72. The Labute approximate surface area is 95.3 Å². The van der Waals surface area contributed by atoms with Crippen molar-refractivity contribution in [1.82, 2.24) is 15.6 Å². The van der Waals surface area contributed by atoms with Crippen molar-refractivity contribution < 1.29 is 0 Å². The largest absolute Gasteiger partial charge is 0.312 e. The molecule has 0 aromatic carbocycles. The molecule has 1 fully saturated rings. The molecule has 84 valence electrons. The second kappa shape index (κ2) is 5.58. The number of aromatic nitrogens is 1. The van der Waals surface area contributed by atoms with Crippen LogP contribution in [0.15, 0.2) is 10.9 Å². The van der Waals surface area contributed by atoms with E-state index in [1.807, 2.05) is 5.51 Å². The number of hydrogen-bond donors (Lipinski definition) is 2. The molecular formula is C11H19N3S. The van der Waals surface area contributed by atoms with Gasteiger partial charge < -0.3 is 10.6 Å². The van der Waals surface area contributed by atoms with Crippen molar-refractivity contribution >= 4 is 11.3 Å². The van der Waals surface area contributed by atoms with E-state index in [2.05, 4.69) is 27.9 Å². The first-order valence-electron chi connectivity index (χ1n) is 5.67. The van der Waals surface area contributed by atoms with Gasteiger partial charge in [0.05, 0.1) is 11.2 Å². The third kappa shape index (κ3) is 3.26. The molecule has 0 bridgehead atoms.